The highest BCUT2D eigenvalue weighted by Crippen LogP contribution is 2.28. The molecule has 7 heteroatoms. The number of carbonyl (C=O) groups excluding carboxylic acids is 1. The highest BCUT2D eigenvalue weighted by molar-refractivity contribution is 6.30. The molecular formula is C24H22ClN3O3. The van der Waals surface area contributed by atoms with E-state index in [-0.39, 0.29) is 17.2 Å². The predicted molar refractivity (Wildman–Crippen MR) is 121 cm³/mol. The number of amides is 1. The number of aromatic amines is 1. The van der Waals surface area contributed by atoms with Crippen molar-refractivity contribution in [3.05, 3.63) is 88.1 Å². The number of methoxy groups -OCH3 is 1. The number of aromatic hydroxyl groups is 1. The number of rotatable bonds is 6. The number of nitrogens with one attached hydrogen (secondary N) is 1. The molecular weight excluding hydrogens is 414 g/mol. The average Bonchev–Trinajstić information content (AvgIpc) is 3.14. The number of phenolic OH excluding ortho intramolecular Hbond substituents is 1. The van der Waals surface area contributed by atoms with Crippen molar-refractivity contribution in [1.29, 1.82) is 0 Å². The molecule has 3 aromatic carbocycles. The average molecular weight is 436 g/mol. The van der Waals surface area contributed by atoms with Crippen LogP contribution in [-0.2, 0) is 13.0 Å². The Morgan fingerprint density at radius 2 is 1.90 bits per heavy atom. The standard InChI is InChI=1S/C24H22ClN3O3/c1-28(14-15-6-8-18(31-2)9-7-15)24(30)20-12-19-21(26-27-22(19)13-23(20)29)11-16-4-3-5-17(25)10-16/h3-10,12-13,29H,11,14H2,1-2H3,(H,26,27). The summed E-state index contributed by atoms with van der Waals surface area (Å²) in [5, 5.41) is 19.2. The van der Waals surface area contributed by atoms with E-state index in [1.807, 2.05) is 48.5 Å². The number of aromatic nitrogens is 2. The molecule has 31 heavy (non-hydrogen) atoms. The lowest BCUT2D eigenvalue weighted by Gasteiger charge is -2.18. The topological polar surface area (TPSA) is 78.5 Å². The molecule has 6 nitrogen and oxygen atoms in total. The molecule has 1 aromatic heterocycles. The van der Waals surface area contributed by atoms with Crippen LogP contribution in [0.1, 0.15) is 27.2 Å². The van der Waals surface area contributed by atoms with Crippen LogP contribution in [0.2, 0.25) is 5.02 Å². The Morgan fingerprint density at radius 3 is 2.61 bits per heavy atom. The van der Waals surface area contributed by atoms with Gasteiger partial charge in [0.1, 0.15) is 11.5 Å². The van der Waals surface area contributed by atoms with Gasteiger partial charge < -0.3 is 14.7 Å². The van der Waals surface area contributed by atoms with Gasteiger partial charge in [-0.3, -0.25) is 9.89 Å². The van der Waals surface area contributed by atoms with E-state index in [4.69, 9.17) is 16.3 Å². The van der Waals surface area contributed by atoms with Crippen LogP contribution in [0.15, 0.2) is 60.7 Å². The van der Waals surface area contributed by atoms with E-state index < -0.39 is 0 Å². The molecule has 158 valence electrons. The van der Waals surface area contributed by atoms with Crippen LogP contribution in [0.5, 0.6) is 11.5 Å². The molecule has 0 atom stereocenters. The van der Waals surface area contributed by atoms with Gasteiger partial charge in [-0.05, 0) is 41.5 Å². The number of hydrogen-bond acceptors (Lipinski definition) is 4. The maximum atomic E-state index is 13.1. The molecule has 0 saturated carbocycles. The van der Waals surface area contributed by atoms with E-state index in [1.54, 1.807) is 25.1 Å². The Balaban J connectivity index is 1.60. The molecule has 0 unspecified atom stereocenters. The van der Waals surface area contributed by atoms with Crippen molar-refractivity contribution in [2.75, 3.05) is 14.2 Å². The quantitative estimate of drug-likeness (QED) is 0.456. The first kappa shape index (κ1) is 20.8. The molecule has 0 bridgehead atoms. The second-order valence-electron chi connectivity index (χ2n) is 7.40. The number of halogens is 1. The number of H-pyrrole nitrogens is 1. The number of nitrogens with zero attached hydrogens (tertiary/aromatic N) is 2. The van der Waals surface area contributed by atoms with E-state index in [1.165, 1.54) is 6.07 Å². The van der Waals surface area contributed by atoms with Gasteiger partial charge in [-0.25, -0.2) is 0 Å². The number of carbonyl (C=O) groups is 1. The van der Waals surface area contributed by atoms with Gasteiger partial charge in [0.15, 0.2) is 0 Å². The van der Waals surface area contributed by atoms with E-state index in [0.29, 0.717) is 23.5 Å². The molecule has 0 aliphatic heterocycles. The van der Waals surface area contributed by atoms with Crippen LogP contribution in [0, 0.1) is 0 Å². The van der Waals surface area contributed by atoms with Crippen LogP contribution in [-0.4, -0.2) is 40.3 Å². The van der Waals surface area contributed by atoms with Gasteiger partial charge in [-0.1, -0.05) is 35.9 Å². The Morgan fingerprint density at radius 1 is 1.13 bits per heavy atom. The first-order valence-electron chi connectivity index (χ1n) is 9.77. The van der Waals surface area contributed by atoms with Crippen LogP contribution < -0.4 is 4.74 Å². The second kappa shape index (κ2) is 8.70. The third kappa shape index (κ3) is 4.49. The van der Waals surface area contributed by atoms with E-state index >= 15 is 0 Å². The molecule has 2 N–H and O–H groups in total. The molecule has 1 amide bonds. The summed E-state index contributed by atoms with van der Waals surface area (Å²) in [7, 11) is 3.32. The summed E-state index contributed by atoms with van der Waals surface area (Å²) in [6.07, 6.45) is 0.556. The van der Waals surface area contributed by atoms with Crippen LogP contribution in [0.4, 0.5) is 0 Å². The Bertz CT molecular complexity index is 1230. The fourth-order valence-electron chi connectivity index (χ4n) is 3.54. The van der Waals surface area contributed by atoms with Crippen LogP contribution in [0.3, 0.4) is 0 Å². The number of fused-ring (bicyclic) bond motifs is 1. The summed E-state index contributed by atoms with van der Waals surface area (Å²) < 4.78 is 5.17. The van der Waals surface area contributed by atoms with Crippen molar-refractivity contribution >= 4 is 28.4 Å². The monoisotopic (exact) mass is 435 g/mol. The zero-order chi connectivity index (χ0) is 22.0. The van der Waals surface area contributed by atoms with Gasteiger partial charge in [-0.2, -0.15) is 5.10 Å². The van der Waals surface area contributed by atoms with E-state index in [9.17, 15) is 9.90 Å². The summed E-state index contributed by atoms with van der Waals surface area (Å²) in [5.74, 6) is 0.398. The highest BCUT2D eigenvalue weighted by Gasteiger charge is 2.19. The largest absolute Gasteiger partial charge is 0.507 e. The van der Waals surface area contributed by atoms with Crippen molar-refractivity contribution in [3.63, 3.8) is 0 Å². The summed E-state index contributed by atoms with van der Waals surface area (Å²) in [6.45, 7) is 0.404. The first-order valence-corrected chi connectivity index (χ1v) is 10.1. The SMILES string of the molecule is COc1ccc(CN(C)C(=O)c2cc3c(Cc4cccc(Cl)c4)n[nH]c3cc2O)cc1. The number of ether oxygens (including phenoxy) is 1. The van der Waals surface area contributed by atoms with Crippen LogP contribution in [0.25, 0.3) is 10.9 Å². The fraction of sp³-hybridized carbons (Fsp3) is 0.167. The zero-order valence-electron chi connectivity index (χ0n) is 17.2. The minimum absolute atomic E-state index is 0.0861. The van der Waals surface area contributed by atoms with Gasteiger partial charge in [-0.15, -0.1) is 0 Å². The highest BCUT2D eigenvalue weighted by atomic mass is 35.5. The van der Waals surface area contributed by atoms with Crippen molar-refractivity contribution in [2.45, 2.75) is 13.0 Å². The van der Waals surface area contributed by atoms with E-state index in [0.717, 1.165) is 28.0 Å². The minimum atomic E-state index is -0.273. The predicted octanol–water partition coefficient (Wildman–Crippen LogP) is 4.79. The normalized spacial score (nSPS) is 10.9. The van der Waals surface area contributed by atoms with Gasteiger partial charge in [0, 0.05) is 36.5 Å². The third-order valence-corrected chi connectivity index (χ3v) is 5.41. The van der Waals surface area contributed by atoms with Crippen LogP contribution >= 0.6 is 11.6 Å². The maximum absolute atomic E-state index is 13.1. The molecule has 0 fully saturated rings. The number of phenols is 1. The summed E-state index contributed by atoms with van der Waals surface area (Å²) in [4.78, 5) is 14.6. The Kier molecular flexibility index (Phi) is 5.82. The van der Waals surface area contributed by atoms with Crippen molar-refractivity contribution < 1.29 is 14.6 Å². The summed E-state index contributed by atoms with van der Waals surface area (Å²) in [5.41, 5.74) is 3.66. The lowest BCUT2D eigenvalue weighted by atomic mass is 10.0. The van der Waals surface area contributed by atoms with Crippen molar-refractivity contribution in [1.82, 2.24) is 15.1 Å². The molecule has 4 rings (SSSR count). The lowest BCUT2D eigenvalue weighted by molar-refractivity contribution is 0.0782. The molecule has 0 saturated heterocycles. The van der Waals surface area contributed by atoms with Gasteiger partial charge in [0.05, 0.1) is 23.9 Å². The van der Waals surface area contributed by atoms with Gasteiger partial charge in [0.25, 0.3) is 5.91 Å². The number of hydrogen-bond donors (Lipinski definition) is 2. The molecule has 0 aliphatic rings. The molecule has 0 aliphatic carbocycles. The van der Waals surface area contributed by atoms with Gasteiger partial charge >= 0.3 is 0 Å². The number of benzene rings is 3. The Labute approximate surface area is 185 Å². The molecule has 1 heterocycles. The van der Waals surface area contributed by atoms with E-state index in [2.05, 4.69) is 10.2 Å². The first-order chi connectivity index (χ1) is 14.9. The van der Waals surface area contributed by atoms with Crippen molar-refractivity contribution in [3.8, 4) is 11.5 Å². The van der Waals surface area contributed by atoms with Gasteiger partial charge in [0.2, 0.25) is 0 Å². The fourth-order valence-corrected chi connectivity index (χ4v) is 3.75. The molecule has 4 aromatic rings. The third-order valence-electron chi connectivity index (χ3n) is 5.17. The summed E-state index contributed by atoms with van der Waals surface area (Å²) >= 11 is 6.09. The smallest absolute Gasteiger partial charge is 0.257 e. The Hall–Kier alpha value is -3.51. The summed E-state index contributed by atoms with van der Waals surface area (Å²) in [6, 6.07) is 18.3. The molecule has 0 radical (unpaired) electrons. The lowest BCUT2D eigenvalue weighted by Crippen LogP contribution is -2.26. The molecule has 0 spiro atoms. The second-order valence-corrected chi connectivity index (χ2v) is 7.84. The zero-order valence-corrected chi connectivity index (χ0v) is 18.0. The van der Waals surface area contributed by atoms with Crippen molar-refractivity contribution in [2.24, 2.45) is 0 Å². The maximum Gasteiger partial charge on any atom is 0.257 e. The minimum Gasteiger partial charge on any atom is -0.507 e.